The Balaban J connectivity index is 1.55. The maximum atomic E-state index is 12.9. The van der Waals surface area contributed by atoms with Gasteiger partial charge in [-0.15, -0.1) is 0 Å². The number of hydroxylamine groups is 2. The third-order valence-corrected chi connectivity index (χ3v) is 5.26. The SMILES string of the molecule is CC1CCC2CC3CON(Cc4ccccc4)C3C(=O)N12. The Labute approximate surface area is 125 Å². The summed E-state index contributed by atoms with van der Waals surface area (Å²) in [7, 11) is 0. The summed E-state index contributed by atoms with van der Waals surface area (Å²) in [5.74, 6) is 0.655. The molecular formula is C17H22N2O2. The number of benzene rings is 1. The Bertz CT molecular complexity index is 533. The highest BCUT2D eigenvalue weighted by molar-refractivity contribution is 5.84. The summed E-state index contributed by atoms with van der Waals surface area (Å²) in [5, 5.41) is 1.92. The van der Waals surface area contributed by atoms with Crippen LogP contribution in [0.15, 0.2) is 30.3 Å². The second kappa shape index (κ2) is 5.11. The Morgan fingerprint density at radius 1 is 1.24 bits per heavy atom. The minimum atomic E-state index is -0.0815. The van der Waals surface area contributed by atoms with Gasteiger partial charge in [0, 0.05) is 24.5 Å². The Morgan fingerprint density at radius 3 is 2.86 bits per heavy atom. The summed E-state index contributed by atoms with van der Waals surface area (Å²) in [6.45, 7) is 3.57. The Kier molecular flexibility index (Phi) is 3.23. The maximum Gasteiger partial charge on any atom is 0.243 e. The van der Waals surface area contributed by atoms with Crippen molar-refractivity contribution in [1.29, 1.82) is 0 Å². The molecule has 0 saturated carbocycles. The predicted molar refractivity (Wildman–Crippen MR) is 79.2 cm³/mol. The van der Waals surface area contributed by atoms with Gasteiger partial charge in [-0.1, -0.05) is 30.3 Å². The van der Waals surface area contributed by atoms with Gasteiger partial charge in [0.25, 0.3) is 0 Å². The largest absolute Gasteiger partial charge is 0.336 e. The molecule has 4 nitrogen and oxygen atoms in total. The van der Waals surface area contributed by atoms with E-state index in [0.717, 1.165) is 19.3 Å². The number of carbonyl (C=O) groups excluding carboxylic acids is 1. The summed E-state index contributed by atoms with van der Waals surface area (Å²) in [4.78, 5) is 20.9. The van der Waals surface area contributed by atoms with Crippen molar-refractivity contribution in [1.82, 2.24) is 9.96 Å². The van der Waals surface area contributed by atoms with Crippen molar-refractivity contribution in [3.63, 3.8) is 0 Å². The number of amides is 1. The lowest BCUT2D eigenvalue weighted by molar-refractivity contribution is -0.168. The molecule has 112 valence electrons. The maximum absolute atomic E-state index is 12.9. The Morgan fingerprint density at radius 2 is 2.05 bits per heavy atom. The van der Waals surface area contributed by atoms with Gasteiger partial charge < -0.3 is 4.90 Å². The number of hydrogen-bond acceptors (Lipinski definition) is 3. The van der Waals surface area contributed by atoms with Crippen molar-refractivity contribution in [3.8, 4) is 0 Å². The summed E-state index contributed by atoms with van der Waals surface area (Å²) < 4.78 is 0. The van der Waals surface area contributed by atoms with Crippen LogP contribution in [0, 0.1) is 5.92 Å². The molecule has 1 amide bonds. The van der Waals surface area contributed by atoms with E-state index in [0.29, 0.717) is 31.2 Å². The fraction of sp³-hybridized carbons (Fsp3) is 0.588. The van der Waals surface area contributed by atoms with Gasteiger partial charge in [0.2, 0.25) is 5.91 Å². The highest BCUT2D eigenvalue weighted by atomic mass is 16.7. The number of rotatable bonds is 2. The van der Waals surface area contributed by atoms with Gasteiger partial charge in [0.05, 0.1) is 6.61 Å². The summed E-state index contributed by atoms with van der Waals surface area (Å²) >= 11 is 0. The van der Waals surface area contributed by atoms with Crippen molar-refractivity contribution in [2.75, 3.05) is 6.61 Å². The molecule has 4 atom stereocenters. The van der Waals surface area contributed by atoms with E-state index in [4.69, 9.17) is 4.84 Å². The second-order valence-corrected chi connectivity index (χ2v) is 6.62. The lowest BCUT2D eigenvalue weighted by atomic mass is 9.87. The second-order valence-electron chi connectivity index (χ2n) is 6.62. The molecule has 1 aromatic carbocycles. The highest BCUT2D eigenvalue weighted by Crippen LogP contribution is 2.40. The summed E-state index contributed by atoms with van der Waals surface area (Å²) in [5.41, 5.74) is 1.20. The van der Waals surface area contributed by atoms with Gasteiger partial charge in [0.15, 0.2) is 0 Å². The van der Waals surface area contributed by atoms with E-state index in [1.165, 1.54) is 5.56 Å². The highest BCUT2D eigenvalue weighted by Gasteiger charge is 2.51. The molecule has 1 aromatic rings. The quantitative estimate of drug-likeness (QED) is 0.835. The van der Waals surface area contributed by atoms with Gasteiger partial charge in [0.1, 0.15) is 6.04 Å². The summed E-state index contributed by atoms with van der Waals surface area (Å²) in [6, 6.07) is 11.0. The predicted octanol–water partition coefficient (Wildman–Crippen LogP) is 2.20. The third kappa shape index (κ3) is 2.17. The van der Waals surface area contributed by atoms with Crippen molar-refractivity contribution >= 4 is 5.91 Å². The van der Waals surface area contributed by atoms with Crippen molar-refractivity contribution in [2.45, 2.75) is 50.9 Å². The first-order valence-corrected chi connectivity index (χ1v) is 7.99. The molecular weight excluding hydrogens is 264 g/mol. The molecule has 3 aliphatic heterocycles. The molecule has 4 heteroatoms. The van der Waals surface area contributed by atoms with Crippen molar-refractivity contribution < 1.29 is 9.63 Å². The fourth-order valence-electron chi connectivity index (χ4n) is 4.23. The molecule has 3 saturated heterocycles. The number of fused-ring (bicyclic) bond motifs is 2. The van der Waals surface area contributed by atoms with Crippen molar-refractivity contribution in [2.24, 2.45) is 5.92 Å². The van der Waals surface area contributed by atoms with E-state index < -0.39 is 0 Å². The van der Waals surface area contributed by atoms with Gasteiger partial charge in [-0.05, 0) is 31.7 Å². The van der Waals surface area contributed by atoms with Gasteiger partial charge in [-0.25, -0.2) is 0 Å². The molecule has 0 aliphatic carbocycles. The molecule has 3 aliphatic rings. The van der Waals surface area contributed by atoms with Gasteiger partial charge in [-0.2, -0.15) is 5.06 Å². The lowest BCUT2D eigenvalue weighted by Gasteiger charge is -2.40. The van der Waals surface area contributed by atoms with Crippen LogP contribution in [0.25, 0.3) is 0 Å². The molecule has 0 spiro atoms. The number of hydrogen-bond donors (Lipinski definition) is 0. The van der Waals surface area contributed by atoms with Crippen LogP contribution >= 0.6 is 0 Å². The number of nitrogens with zero attached hydrogens (tertiary/aromatic N) is 2. The van der Waals surface area contributed by atoms with Crippen LogP contribution in [0.4, 0.5) is 0 Å². The fourth-order valence-corrected chi connectivity index (χ4v) is 4.23. The minimum Gasteiger partial charge on any atom is -0.336 e. The average molecular weight is 286 g/mol. The molecule has 21 heavy (non-hydrogen) atoms. The molecule has 4 rings (SSSR count). The average Bonchev–Trinajstić information content (AvgIpc) is 3.05. The van der Waals surface area contributed by atoms with Gasteiger partial charge >= 0.3 is 0 Å². The molecule has 0 aromatic heterocycles. The van der Waals surface area contributed by atoms with E-state index in [-0.39, 0.29) is 11.9 Å². The zero-order chi connectivity index (χ0) is 14.4. The smallest absolute Gasteiger partial charge is 0.243 e. The first-order chi connectivity index (χ1) is 10.2. The van der Waals surface area contributed by atoms with Crippen LogP contribution in [0.3, 0.4) is 0 Å². The normalized spacial score (nSPS) is 35.9. The first-order valence-electron chi connectivity index (χ1n) is 7.99. The van der Waals surface area contributed by atoms with Crippen LogP contribution in [0.1, 0.15) is 31.7 Å². The van der Waals surface area contributed by atoms with E-state index in [9.17, 15) is 4.79 Å². The lowest BCUT2D eigenvalue weighted by Crippen LogP contribution is -2.56. The van der Waals surface area contributed by atoms with E-state index >= 15 is 0 Å². The summed E-state index contributed by atoms with van der Waals surface area (Å²) in [6.07, 6.45) is 3.41. The van der Waals surface area contributed by atoms with E-state index in [2.05, 4.69) is 24.0 Å². The zero-order valence-electron chi connectivity index (χ0n) is 12.4. The molecule has 3 fully saturated rings. The van der Waals surface area contributed by atoms with E-state index in [1.807, 2.05) is 23.3 Å². The first kappa shape index (κ1) is 13.3. The third-order valence-electron chi connectivity index (χ3n) is 5.26. The van der Waals surface area contributed by atoms with E-state index in [1.54, 1.807) is 0 Å². The Hall–Kier alpha value is -1.39. The van der Waals surface area contributed by atoms with Crippen LogP contribution in [0.5, 0.6) is 0 Å². The molecule has 0 bridgehead atoms. The molecule has 4 unspecified atom stereocenters. The van der Waals surface area contributed by atoms with Crippen molar-refractivity contribution in [3.05, 3.63) is 35.9 Å². The molecule has 3 heterocycles. The zero-order valence-corrected chi connectivity index (χ0v) is 12.4. The van der Waals surface area contributed by atoms with Crippen LogP contribution in [-0.2, 0) is 16.2 Å². The monoisotopic (exact) mass is 286 g/mol. The standard InChI is InChI=1S/C17H22N2O2/c1-12-7-8-15-9-14-11-21-18(16(14)17(20)19(12)15)10-13-5-3-2-4-6-13/h2-6,12,14-16H,7-11H2,1H3. The number of piperidine rings is 1. The molecule has 0 radical (unpaired) electrons. The van der Waals surface area contributed by atoms with Crippen LogP contribution in [-0.4, -0.2) is 40.6 Å². The topological polar surface area (TPSA) is 32.8 Å². The van der Waals surface area contributed by atoms with Gasteiger partial charge in [-0.3, -0.25) is 9.63 Å². The van der Waals surface area contributed by atoms with Crippen LogP contribution < -0.4 is 0 Å². The molecule has 0 N–H and O–H groups in total. The van der Waals surface area contributed by atoms with Crippen LogP contribution in [0.2, 0.25) is 0 Å². The minimum absolute atomic E-state index is 0.0815. The number of carbonyl (C=O) groups is 1.